The number of methoxy groups -OCH3 is 1. The van der Waals surface area contributed by atoms with E-state index in [4.69, 9.17) is 15.2 Å². The van der Waals surface area contributed by atoms with Crippen molar-refractivity contribution in [2.75, 3.05) is 25.6 Å². The first-order valence-electron chi connectivity index (χ1n) is 6.89. The van der Waals surface area contributed by atoms with Crippen molar-refractivity contribution in [1.82, 2.24) is 0 Å². The predicted octanol–water partition coefficient (Wildman–Crippen LogP) is 0.786. The Kier molecular flexibility index (Phi) is 9.58. The number of amides is 2. The van der Waals surface area contributed by atoms with Crippen LogP contribution in [0.5, 0.6) is 0 Å². The molecule has 0 aliphatic heterocycles. The van der Waals surface area contributed by atoms with Gasteiger partial charge in [-0.2, -0.15) is 0 Å². The summed E-state index contributed by atoms with van der Waals surface area (Å²) in [7, 11) is 1.32. The number of primary amides is 1. The maximum Gasteiger partial charge on any atom is 0.340 e. The molecule has 13 heteroatoms. The molecule has 1 aromatic carbocycles. The largest absolute Gasteiger partial charge is 0.478 e. The van der Waals surface area contributed by atoms with E-state index in [2.05, 4.69) is 5.32 Å². The average Bonchev–Trinajstić information content (AvgIpc) is 2.56. The smallest absolute Gasteiger partial charge is 0.340 e. The lowest BCUT2D eigenvalue weighted by Gasteiger charge is -2.18. The second-order valence-electron chi connectivity index (χ2n) is 4.87. The summed E-state index contributed by atoms with van der Waals surface area (Å²) in [5.41, 5.74) is 4.67. The summed E-state index contributed by atoms with van der Waals surface area (Å²) in [6, 6.07) is 0. The number of carbonyl (C=O) groups excluding carboxylic acids is 3. The van der Waals surface area contributed by atoms with Crippen molar-refractivity contribution in [3.63, 3.8) is 0 Å². The predicted molar refractivity (Wildman–Crippen MR) is 118 cm³/mol. The highest BCUT2D eigenvalue weighted by Crippen LogP contribution is 2.36. The number of aliphatic hydroxyl groups is 1. The van der Waals surface area contributed by atoms with Gasteiger partial charge in [0, 0.05) is 10.7 Å². The average molecular weight is 718 g/mol. The first-order chi connectivity index (χ1) is 12.5. The van der Waals surface area contributed by atoms with Crippen molar-refractivity contribution >= 4 is 97.2 Å². The van der Waals surface area contributed by atoms with E-state index < -0.39 is 36.5 Å². The highest BCUT2D eigenvalue weighted by atomic mass is 127. The van der Waals surface area contributed by atoms with E-state index in [1.807, 2.05) is 0 Å². The van der Waals surface area contributed by atoms with Crippen molar-refractivity contribution in [2.24, 2.45) is 5.73 Å². The number of esters is 1. The number of benzene rings is 1. The molecule has 0 saturated carbocycles. The number of rotatable bonds is 8. The van der Waals surface area contributed by atoms with Crippen LogP contribution in [0.2, 0.25) is 0 Å². The summed E-state index contributed by atoms with van der Waals surface area (Å²) >= 11 is 5.19. The van der Waals surface area contributed by atoms with Crippen LogP contribution >= 0.6 is 67.8 Å². The van der Waals surface area contributed by atoms with Gasteiger partial charge in [0.25, 0.3) is 0 Å². The number of carbonyl (C=O) groups is 4. The van der Waals surface area contributed by atoms with E-state index in [1.54, 1.807) is 67.8 Å². The van der Waals surface area contributed by atoms with Crippen molar-refractivity contribution in [3.05, 3.63) is 21.8 Å². The highest BCUT2D eigenvalue weighted by Gasteiger charge is 2.29. The van der Waals surface area contributed by atoms with Crippen LogP contribution in [0, 0.1) is 10.7 Å². The molecule has 1 rings (SSSR count). The van der Waals surface area contributed by atoms with Crippen molar-refractivity contribution in [1.29, 1.82) is 0 Å². The Morgan fingerprint density at radius 2 is 1.67 bits per heavy atom. The standard InChI is InChI=1S/C14H13I3N2O8/c1-26-3-5(21)19-11-9(16)6(13(23)24)8(15)7(10(11)17)14(25)27-2-4(20)12(18)22/h4,20H,2-3H2,1H3,(H2,18,22)(H,19,21)(H,23,24). The molecule has 1 unspecified atom stereocenters. The van der Waals surface area contributed by atoms with Crippen LogP contribution in [-0.4, -0.2) is 60.4 Å². The zero-order chi connectivity index (χ0) is 20.9. The molecule has 0 aliphatic carbocycles. The number of carboxylic acid groups (broad SMARTS) is 1. The molecule has 0 aliphatic rings. The van der Waals surface area contributed by atoms with E-state index in [0.29, 0.717) is 0 Å². The molecule has 5 N–H and O–H groups in total. The summed E-state index contributed by atoms with van der Waals surface area (Å²) in [6.45, 7) is -0.967. The lowest BCUT2D eigenvalue weighted by molar-refractivity contribution is -0.128. The molecule has 1 aromatic rings. The molecule has 1 atom stereocenters. The van der Waals surface area contributed by atoms with Crippen molar-refractivity contribution < 1.29 is 38.9 Å². The second-order valence-corrected chi connectivity index (χ2v) is 8.11. The van der Waals surface area contributed by atoms with Gasteiger partial charge in [0.2, 0.25) is 11.8 Å². The molecule has 0 fully saturated rings. The maximum atomic E-state index is 12.4. The van der Waals surface area contributed by atoms with Gasteiger partial charge in [-0.25, -0.2) is 9.59 Å². The summed E-state index contributed by atoms with van der Waals surface area (Å²) in [4.78, 5) is 46.8. The Labute approximate surface area is 193 Å². The normalized spacial score (nSPS) is 11.6. The maximum absolute atomic E-state index is 12.4. The Hall–Kier alpha value is -0.790. The van der Waals surface area contributed by atoms with Gasteiger partial charge in [-0.05, 0) is 67.8 Å². The highest BCUT2D eigenvalue weighted by molar-refractivity contribution is 14.1. The van der Waals surface area contributed by atoms with Crippen LogP contribution in [0.3, 0.4) is 0 Å². The summed E-state index contributed by atoms with van der Waals surface area (Å²) in [6.07, 6.45) is -1.70. The van der Waals surface area contributed by atoms with Gasteiger partial charge in [-0.3, -0.25) is 9.59 Å². The first-order valence-corrected chi connectivity index (χ1v) is 10.1. The lowest BCUT2D eigenvalue weighted by Crippen LogP contribution is -2.33. The number of ether oxygens (including phenoxy) is 2. The number of aromatic carboxylic acids is 1. The van der Waals surface area contributed by atoms with Gasteiger partial charge in [-0.1, -0.05) is 0 Å². The molecule has 148 valence electrons. The minimum Gasteiger partial charge on any atom is -0.478 e. The number of nitrogens with one attached hydrogen (secondary N) is 1. The molecule has 2 amide bonds. The molecule has 0 radical (unpaired) electrons. The zero-order valence-electron chi connectivity index (χ0n) is 13.5. The Balaban J connectivity index is 3.43. The number of hydrogen-bond acceptors (Lipinski definition) is 7. The van der Waals surface area contributed by atoms with Crippen LogP contribution in [0.1, 0.15) is 20.7 Å². The van der Waals surface area contributed by atoms with Gasteiger partial charge in [0.05, 0.1) is 24.0 Å². The summed E-state index contributed by atoms with van der Waals surface area (Å²) in [5, 5.41) is 21.4. The van der Waals surface area contributed by atoms with Crippen LogP contribution in [0.4, 0.5) is 5.69 Å². The molecule has 0 spiro atoms. The fraction of sp³-hybridized carbons (Fsp3) is 0.286. The second kappa shape index (κ2) is 10.7. The SMILES string of the molecule is COCC(=O)Nc1c(I)c(C(=O)O)c(I)c(C(=O)OCC(O)C(N)=O)c1I. The quantitative estimate of drug-likeness (QED) is 0.227. The minimum atomic E-state index is -1.70. The van der Waals surface area contributed by atoms with Gasteiger partial charge in [-0.15, -0.1) is 0 Å². The van der Waals surface area contributed by atoms with E-state index in [-0.39, 0.29) is 34.1 Å². The van der Waals surface area contributed by atoms with E-state index in [9.17, 15) is 29.4 Å². The fourth-order valence-corrected chi connectivity index (χ4v) is 6.09. The van der Waals surface area contributed by atoms with Crippen LogP contribution in [0.25, 0.3) is 0 Å². The van der Waals surface area contributed by atoms with Crippen LogP contribution < -0.4 is 11.1 Å². The molecule has 0 saturated heterocycles. The number of carboxylic acids is 1. The third kappa shape index (κ3) is 6.09. The van der Waals surface area contributed by atoms with Crippen molar-refractivity contribution in [2.45, 2.75) is 6.10 Å². The first kappa shape index (κ1) is 24.2. The Morgan fingerprint density at radius 1 is 1.11 bits per heavy atom. The molecule has 0 bridgehead atoms. The monoisotopic (exact) mass is 718 g/mol. The van der Waals surface area contributed by atoms with Crippen LogP contribution in [0.15, 0.2) is 0 Å². The lowest BCUT2D eigenvalue weighted by atomic mass is 10.1. The minimum absolute atomic E-state index is 0.0807. The van der Waals surface area contributed by atoms with E-state index in [0.717, 1.165) is 0 Å². The van der Waals surface area contributed by atoms with Gasteiger partial charge >= 0.3 is 11.9 Å². The Bertz CT molecular complexity index is 799. The number of aliphatic hydroxyl groups excluding tert-OH is 1. The number of anilines is 1. The van der Waals surface area contributed by atoms with Gasteiger partial charge < -0.3 is 30.7 Å². The molecule has 0 heterocycles. The Morgan fingerprint density at radius 3 is 2.15 bits per heavy atom. The van der Waals surface area contributed by atoms with E-state index in [1.165, 1.54) is 7.11 Å². The number of halogens is 3. The molecular weight excluding hydrogens is 705 g/mol. The topological polar surface area (TPSA) is 165 Å². The van der Waals surface area contributed by atoms with E-state index >= 15 is 0 Å². The molecule has 27 heavy (non-hydrogen) atoms. The summed E-state index contributed by atoms with van der Waals surface area (Å²) in [5.74, 6) is -3.92. The fourth-order valence-electron chi connectivity index (χ4n) is 1.76. The third-order valence-electron chi connectivity index (χ3n) is 2.98. The summed E-state index contributed by atoms with van der Waals surface area (Å²) < 4.78 is 10.1. The number of hydrogen-bond donors (Lipinski definition) is 4. The molecule has 10 nitrogen and oxygen atoms in total. The zero-order valence-corrected chi connectivity index (χ0v) is 20.0. The van der Waals surface area contributed by atoms with Gasteiger partial charge in [0.1, 0.15) is 13.2 Å². The molecular formula is C14H13I3N2O8. The van der Waals surface area contributed by atoms with Crippen LogP contribution in [-0.2, 0) is 19.1 Å². The molecule has 0 aromatic heterocycles. The van der Waals surface area contributed by atoms with Gasteiger partial charge in [0.15, 0.2) is 6.10 Å². The number of nitrogens with two attached hydrogens (primary N) is 1. The van der Waals surface area contributed by atoms with Crippen molar-refractivity contribution in [3.8, 4) is 0 Å². The third-order valence-corrected chi connectivity index (χ3v) is 6.21.